The predicted octanol–water partition coefficient (Wildman–Crippen LogP) is 5.97. The summed E-state index contributed by atoms with van der Waals surface area (Å²) in [5.74, 6) is 2.72. The minimum atomic E-state index is -0.192. The van der Waals surface area contributed by atoms with Crippen molar-refractivity contribution in [3.8, 4) is 12.3 Å². The molecule has 1 saturated carbocycles. The Hall–Kier alpha value is -3.05. The van der Waals surface area contributed by atoms with E-state index in [4.69, 9.17) is 11.4 Å². The van der Waals surface area contributed by atoms with Crippen molar-refractivity contribution in [2.75, 3.05) is 6.54 Å². The summed E-state index contributed by atoms with van der Waals surface area (Å²) in [6.45, 7) is 11.7. The van der Waals surface area contributed by atoms with E-state index >= 15 is 0 Å². The third-order valence-electron chi connectivity index (χ3n) is 6.19. The third kappa shape index (κ3) is 3.66. The molecule has 0 aromatic heterocycles. The van der Waals surface area contributed by atoms with Gasteiger partial charge in [0.2, 0.25) is 0 Å². The summed E-state index contributed by atoms with van der Waals surface area (Å²) in [6, 6.07) is 16.7. The number of aliphatic imine (C=N–C) groups is 1. The smallest absolute Gasteiger partial charge is 0.133 e. The number of nitrogens with zero attached hydrogens (tertiary/aromatic N) is 2. The molecule has 2 heteroatoms. The van der Waals surface area contributed by atoms with Crippen molar-refractivity contribution in [3.05, 3.63) is 89.6 Å². The minimum absolute atomic E-state index is 0.192. The molecular weight excluding hydrogens is 352 g/mol. The van der Waals surface area contributed by atoms with Crippen LogP contribution in [0.25, 0.3) is 5.57 Å². The average Bonchev–Trinajstić information content (AvgIpc) is 3.00. The predicted molar refractivity (Wildman–Crippen MR) is 123 cm³/mol. The molecule has 1 aliphatic heterocycles. The zero-order valence-electron chi connectivity index (χ0n) is 17.2. The van der Waals surface area contributed by atoms with Gasteiger partial charge in [-0.1, -0.05) is 67.5 Å². The monoisotopic (exact) mass is 380 g/mol. The number of hydrogen-bond acceptors (Lipinski definition) is 2. The van der Waals surface area contributed by atoms with E-state index in [1.165, 1.54) is 24.8 Å². The van der Waals surface area contributed by atoms with Gasteiger partial charge in [-0.15, -0.1) is 6.42 Å². The lowest BCUT2D eigenvalue weighted by molar-refractivity contribution is 0.125. The van der Waals surface area contributed by atoms with Gasteiger partial charge in [0.25, 0.3) is 0 Å². The fourth-order valence-electron chi connectivity index (χ4n) is 4.51. The van der Waals surface area contributed by atoms with Crippen molar-refractivity contribution in [1.82, 2.24) is 4.90 Å². The first-order valence-electron chi connectivity index (χ1n) is 10.4. The summed E-state index contributed by atoms with van der Waals surface area (Å²) in [5.41, 5.74) is 7.26. The minimum Gasteiger partial charge on any atom is -0.341 e. The third-order valence-corrected chi connectivity index (χ3v) is 6.19. The van der Waals surface area contributed by atoms with Crippen LogP contribution in [0, 0.1) is 19.3 Å². The Bertz CT molecular complexity index is 1010. The fourth-order valence-corrected chi connectivity index (χ4v) is 4.51. The molecule has 0 N–H and O–H groups in total. The number of rotatable bonds is 4. The molecule has 1 aliphatic carbocycles. The van der Waals surface area contributed by atoms with E-state index in [1.54, 1.807) is 0 Å². The summed E-state index contributed by atoms with van der Waals surface area (Å²) < 4.78 is 0. The molecular formula is C27H28N2. The van der Waals surface area contributed by atoms with Gasteiger partial charge in [-0.05, 0) is 55.9 Å². The Balaban J connectivity index is 1.66. The van der Waals surface area contributed by atoms with E-state index in [-0.39, 0.29) is 5.66 Å². The molecule has 2 nitrogen and oxygen atoms in total. The van der Waals surface area contributed by atoms with Crippen molar-refractivity contribution >= 4 is 11.3 Å². The van der Waals surface area contributed by atoms with Crippen LogP contribution in [0.1, 0.15) is 54.4 Å². The van der Waals surface area contributed by atoms with Gasteiger partial charge in [-0.3, -0.25) is 4.99 Å². The highest BCUT2D eigenvalue weighted by Gasteiger charge is 2.44. The Morgan fingerprint density at radius 1 is 1.14 bits per heavy atom. The summed E-state index contributed by atoms with van der Waals surface area (Å²) in [6.07, 6.45) is 11.4. The van der Waals surface area contributed by atoms with E-state index in [9.17, 15) is 0 Å². The van der Waals surface area contributed by atoms with Crippen LogP contribution in [0.2, 0.25) is 0 Å². The van der Waals surface area contributed by atoms with Gasteiger partial charge in [0.05, 0.1) is 11.4 Å². The van der Waals surface area contributed by atoms with Crippen molar-refractivity contribution < 1.29 is 0 Å². The van der Waals surface area contributed by atoms with Gasteiger partial charge >= 0.3 is 0 Å². The van der Waals surface area contributed by atoms with Crippen LogP contribution in [-0.4, -0.2) is 22.8 Å². The summed E-state index contributed by atoms with van der Waals surface area (Å²) >= 11 is 0. The Morgan fingerprint density at radius 3 is 2.55 bits per heavy atom. The van der Waals surface area contributed by atoms with Crippen LogP contribution in [-0.2, 0) is 0 Å². The molecule has 2 aromatic carbocycles. The molecule has 2 aromatic rings. The fraction of sp³-hybridized carbons (Fsp3) is 0.296. The van der Waals surface area contributed by atoms with Crippen molar-refractivity contribution in [2.45, 2.75) is 44.7 Å². The molecule has 29 heavy (non-hydrogen) atoms. The van der Waals surface area contributed by atoms with Crippen molar-refractivity contribution in [1.29, 1.82) is 0 Å². The molecule has 0 amide bonds. The first-order valence-corrected chi connectivity index (χ1v) is 10.4. The standard InChI is InChI=1S/C27H28N2/c1-5-23-10-9-11-25(18-23)21(3)19-29-22(4)26(24-14-12-20(2)13-15-24)28-27(29)16-7-6-8-17-27/h1,9-15,18H,3-4,6-8,16-17,19H2,2H3. The van der Waals surface area contributed by atoms with Gasteiger partial charge in [0.15, 0.2) is 0 Å². The molecule has 0 radical (unpaired) electrons. The molecule has 0 saturated heterocycles. The molecule has 4 rings (SSSR count). The number of hydrogen-bond donors (Lipinski definition) is 0. The highest BCUT2D eigenvalue weighted by molar-refractivity contribution is 6.13. The molecule has 2 aliphatic rings. The van der Waals surface area contributed by atoms with Gasteiger partial charge in [0.1, 0.15) is 5.66 Å². The van der Waals surface area contributed by atoms with Crippen LogP contribution in [0.15, 0.2) is 72.4 Å². The van der Waals surface area contributed by atoms with E-state index in [0.29, 0.717) is 6.54 Å². The molecule has 0 bridgehead atoms. The Labute approximate surface area is 174 Å². The summed E-state index contributed by atoms with van der Waals surface area (Å²) in [7, 11) is 0. The van der Waals surface area contributed by atoms with Crippen LogP contribution < -0.4 is 0 Å². The second-order valence-electron chi connectivity index (χ2n) is 8.23. The molecule has 1 fully saturated rings. The van der Waals surface area contributed by atoms with Crippen LogP contribution in [0.3, 0.4) is 0 Å². The number of terminal acetylenes is 1. The maximum Gasteiger partial charge on any atom is 0.133 e. The summed E-state index contributed by atoms with van der Waals surface area (Å²) in [5, 5.41) is 0. The zero-order chi connectivity index (χ0) is 20.4. The lowest BCUT2D eigenvalue weighted by Gasteiger charge is -2.41. The van der Waals surface area contributed by atoms with Crippen LogP contribution in [0.5, 0.6) is 0 Å². The van der Waals surface area contributed by atoms with E-state index < -0.39 is 0 Å². The molecule has 0 unspecified atom stereocenters. The van der Waals surface area contributed by atoms with Crippen LogP contribution >= 0.6 is 0 Å². The van der Waals surface area contributed by atoms with E-state index in [0.717, 1.165) is 46.5 Å². The largest absolute Gasteiger partial charge is 0.341 e. The number of allylic oxidation sites excluding steroid dienone is 1. The maximum atomic E-state index is 5.59. The zero-order valence-corrected chi connectivity index (χ0v) is 17.2. The van der Waals surface area contributed by atoms with E-state index in [2.05, 4.69) is 61.2 Å². The highest BCUT2D eigenvalue weighted by atomic mass is 15.3. The van der Waals surface area contributed by atoms with Gasteiger partial charge in [-0.25, -0.2) is 0 Å². The molecule has 1 heterocycles. The lowest BCUT2D eigenvalue weighted by Crippen LogP contribution is -2.45. The lowest BCUT2D eigenvalue weighted by atomic mass is 9.88. The molecule has 0 atom stereocenters. The number of aryl methyl sites for hydroxylation is 1. The maximum absolute atomic E-state index is 5.59. The molecule has 146 valence electrons. The van der Waals surface area contributed by atoms with Gasteiger partial charge < -0.3 is 4.90 Å². The first kappa shape index (κ1) is 19.3. The Kier molecular flexibility index (Phi) is 5.16. The van der Waals surface area contributed by atoms with Crippen molar-refractivity contribution in [3.63, 3.8) is 0 Å². The van der Waals surface area contributed by atoms with Gasteiger partial charge in [0, 0.05) is 17.7 Å². The summed E-state index contributed by atoms with van der Waals surface area (Å²) in [4.78, 5) is 7.69. The van der Waals surface area contributed by atoms with Crippen molar-refractivity contribution in [2.24, 2.45) is 4.99 Å². The number of benzene rings is 2. The van der Waals surface area contributed by atoms with Gasteiger partial charge in [-0.2, -0.15) is 0 Å². The SMILES string of the molecule is C#Cc1cccc(C(=C)CN2C(=C)C(c3ccc(C)cc3)=NC23CCCCC3)c1. The topological polar surface area (TPSA) is 15.6 Å². The van der Waals surface area contributed by atoms with E-state index in [1.807, 2.05) is 18.2 Å². The normalized spacial score (nSPS) is 17.9. The first-order chi connectivity index (χ1) is 14.0. The highest BCUT2D eigenvalue weighted by Crippen LogP contribution is 2.43. The quantitative estimate of drug-likeness (QED) is 0.597. The second kappa shape index (κ2) is 7.76. The Morgan fingerprint density at radius 2 is 1.86 bits per heavy atom. The average molecular weight is 381 g/mol. The molecule has 1 spiro atoms. The van der Waals surface area contributed by atoms with Crippen LogP contribution in [0.4, 0.5) is 0 Å². The second-order valence-corrected chi connectivity index (χ2v) is 8.23.